The molecule has 0 unspecified atom stereocenters. The predicted molar refractivity (Wildman–Crippen MR) is 67.4 cm³/mol. The number of nitrogen functional groups attached to an aromatic ring is 1. The molecule has 0 atom stereocenters. The van der Waals surface area contributed by atoms with E-state index in [1.165, 1.54) is 12.3 Å². The van der Waals surface area contributed by atoms with Gasteiger partial charge in [-0.3, -0.25) is 0 Å². The molecule has 1 aromatic rings. The molecule has 0 aliphatic carbocycles. The second-order valence-electron chi connectivity index (χ2n) is 3.74. The third-order valence-corrected chi connectivity index (χ3v) is 3.74. The van der Waals surface area contributed by atoms with Crippen molar-refractivity contribution in [2.24, 2.45) is 0 Å². The lowest BCUT2D eigenvalue weighted by Crippen LogP contribution is -2.31. The predicted octanol–water partition coefficient (Wildman–Crippen LogP) is 0.157. The Morgan fingerprint density at radius 2 is 2.18 bits per heavy atom. The highest BCUT2D eigenvalue weighted by Crippen LogP contribution is 2.19. The van der Waals surface area contributed by atoms with Gasteiger partial charge in [0, 0.05) is 19.3 Å². The van der Waals surface area contributed by atoms with Crippen LogP contribution in [0.4, 0.5) is 5.82 Å². The molecular weight excluding hydrogens is 264 g/mol. The van der Waals surface area contributed by atoms with Gasteiger partial charge in [-0.25, -0.2) is 18.1 Å². The van der Waals surface area contributed by atoms with Crippen LogP contribution in [0.5, 0.6) is 0 Å². The normalized spacial score (nSPS) is 12.0. The van der Waals surface area contributed by atoms with Crippen molar-refractivity contribution in [1.82, 2.24) is 14.6 Å². The number of sulfonamides is 1. The molecule has 0 fully saturated rings. The van der Waals surface area contributed by atoms with Gasteiger partial charge in [0.15, 0.2) is 0 Å². The summed E-state index contributed by atoms with van der Waals surface area (Å²) in [6.45, 7) is 0.923. The summed E-state index contributed by atoms with van der Waals surface area (Å²) < 4.78 is 26.1. The number of nitrogens with zero attached hydrogens (tertiary/aromatic N) is 2. The van der Waals surface area contributed by atoms with Crippen LogP contribution in [-0.4, -0.2) is 45.5 Å². The van der Waals surface area contributed by atoms with Crippen molar-refractivity contribution < 1.29 is 8.42 Å². The molecule has 8 heteroatoms. The first-order valence-electron chi connectivity index (χ1n) is 4.88. The summed E-state index contributed by atoms with van der Waals surface area (Å²) in [5.74, 6) is 0.110. The second-order valence-corrected chi connectivity index (χ2v) is 5.91. The van der Waals surface area contributed by atoms with E-state index < -0.39 is 10.0 Å². The number of anilines is 1. The van der Waals surface area contributed by atoms with Crippen molar-refractivity contribution in [2.75, 3.05) is 32.9 Å². The maximum Gasteiger partial charge on any atom is 0.242 e. The summed E-state index contributed by atoms with van der Waals surface area (Å²) in [6.07, 6.45) is 1.18. The first-order valence-corrected chi connectivity index (χ1v) is 6.74. The minimum Gasteiger partial charge on any atom is -0.382 e. The van der Waals surface area contributed by atoms with Gasteiger partial charge in [-0.1, -0.05) is 11.6 Å². The molecule has 3 N–H and O–H groups in total. The quantitative estimate of drug-likeness (QED) is 0.801. The van der Waals surface area contributed by atoms with Gasteiger partial charge in [0.2, 0.25) is 10.0 Å². The third-order valence-electron chi connectivity index (χ3n) is 2.01. The number of rotatable bonds is 5. The highest BCUT2D eigenvalue weighted by atomic mass is 35.5. The fourth-order valence-electron chi connectivity index (χ4n) is 1.06. The van der Waals surface area contributed by atoms with E-state index in [4.69, 9.17) is 17.3 Å². The lowest BCUT2D eigenvalue weighted by atomic mass is 10.5. The van der Waals surface area contributed by atoms with E-state index in [1.807, 2.05) is 19.0 Å². The molecule has 0 saturated heterocycles. The van der Waals surface area contributed by atoms with Crippen LogP contribution in [0.2, 0.25) is 5.02 Å². The maximum atomic E-state index is 11.8. The summed E-state index contributed by atoms with van der Waals surface area (Å²) in [5, 5.41) is 0.125. The number of halogens is 1. The Hall–Kier alpha value is -0.890. The lowest BCUT2D eigenvalue weighted by molar-refractivity contribution is 0.412. The van der Waals surface area contributed by atoms with Crippen LogP contribution in [0.3, 0.4) is 0 Å². The van der Waals surface area contributed by atoms with Crippen molar-refractivity contribution in [2.45, 2.75) is 4.90 Å². The van der Waals surface area contributed by atoms with Crippen LogP contribution in [0, 0.1) is 0 Å². The van der Waals surface area contributed by atoms with Gasteiger partial charge in [-0.05, 0) is 20.2 Å². The Morgan fingerprint density at radius 3 is 2.71 bits per heavy atom. The molecule has 0 aromatic carbocycles. The van der Waals surface area contributed by atoms with E-state index in [-0.39, 0.29) is 15.7 Å². The average Bonchev–Trinajstić information content (AvgIpc) is 2.21. The maximum absolute atomic E-state index is 11.8. The monoisotopic (exact) mass is 278 g/mol. The van der Waals surface area contributed by atoms with Crippen molar-refractivity contribution in [3.8, 4) is 0 Å². The van der Waals surface area contributed by atoms with Crippen molar-refractivity contribution in [1.29, 1.82) is 0 Å². The van der Waals surface area contributed by atoms with Crippen molar-refractivity contribution in [3.63, 3.8) is 0 Å². The van der Waals surface area contributed by atoms with Gasteiger partial charge in [0.1, 0.15) is 10.7 Å². The van der Waals surface area contributed by atoms with Gasteiger partial charge in [-0.2, -0.15) is 0 Å². The molecule has 0 bridgehead atoms. The summed E-state index contributed by atoms with van der Waals surface area (Å²) in [4.78, 5) is 5.59. The van der Waals surface area contributed by atoms with Gasteiger partial charge in [0.25, 0.3) is 0 Å². The van der Waals surface area contributed by atoms with E-state index >= 15 is 0 Å². The number of nitrogens with one attached hydrogen (secondary N) is 1. The van der Waals surface area contributed by atoms with Crippen LogP contribution in [0.25, 0.3) is 0 Å². The van der Waals surface area contributed by atoms with Crippen molar-refractivity contribution >= 4 is 27.4 Å². The molecule has 0 radical (unpaired) electrons. The fourth-order valence-corrected chi connectivity index (χ4v) is 2.29. The van der Waals surface area contributed by atoms with Crippen LogP contribution in [0.15, 0.2) is 17.2 Å². The Labute approximate surface area is 106 Å². The van der Waals surface area contributed by atoms with E-state index in [9.17, 15) is 8.42 Å². The first-order chi connectivity index (χ1) is 7.83. The third kappa shape index (κ3) is 4.12. The number of pyridine rings is 1. The zero-order valence-corrected chi connectivity index (χ0v) is 11.2. The van der Waals surface area contributed by atoms with Crippen LogP contribution in [-0.2, 0) is 10.0 Å². The number of likely N-dealkylation sites (N-methyl/N-ethyl adjacent to an activating group) is 1. The highest BCUT2D eigenvalue weighted by Gasteiger charge is 2.15. The summed E-state index contributed by atoms with van der Waals surface area (Å²) in [6, 6.07) is 1.28. The van der Waals surface area contributed by atoms with E-state index in [0.717, 1.165) is 0 Å². The molecule has 0 aliphatic heterocycles. The fraction of sp³-hybridized carbons (Fsp3) is 0.444. The van der Waals surface area contributed by atoms with E-state index in [1.54, 1.807) is 0 Å². The lowest BCUT2D eigenvalue weighted by Gasteiger charge is -2.11. The Bertz CT molecular complexity index is 490. The minimum atomic E-state index is -3.57. The standard InChI is InChI=1S/C9H15ClN4O2S/c1-14(2)4-3-13-17(15,16)7-5-8(10)9(11)12-6-7/h5-6,13H,3-4H2,1-2H3,(H2,11,12). The Morgan fingerprint density at radius 1 is 1.53 bits per heavy atom. The first kappa shape index (κ1) is 14.2. The molecule has 1 aromatic heterocycles. The van der Waals surface area contributed by atoms with E-state index in [2.05, 4.69) is 9.71 Å². The van der Waals surface area contributed by atoms with Gasteiger partial charge >= 0.3 is 0 Å². The van der Waals surface area contributed by atoms with Gasteiger partial charge in [0.05, 0.1) is 5.02 Å². The number of nitrogens with two attached hydrogens (primary N) is 1. The summed E-state index contributed by atoms with van der Waals surface area (Å²) in [7, 11) is 0.140. The molecule has 1 rings (SSSR count). The number of hydrogen-bond donors (Lipinski definition) is 2. The molecule has 0 saturated carbocycles. The largest absolute Gasteiger partial charge is 0.382 e. The van der Waals surface area contributed by atoms with Crippen LogP contribution >= 0.6 is 11.6 Å². The van der Waals surface area contributed by atoms with E-state index in [0.29, 0.717) is 13.1 Å². The topological polar surface area (TPSA) is 88.3 Å². The SMILES string of the molecule is CN(C)CCNS(=O)(=O)c1cnc(N)c(Cl)c1. The summed E-state index contributed by atoms with van der Waals surface area (Å²) in [5.41, 5.74) is 5.41. The van der Waals surface area contributed by atoms with Gasteiger partial charge < -0.3 is 10.6 Å². The zero-order chi connectivity index (χ0) is 13.1. The zero-order valence-electron chi connectivity index (χ0n) is 9.64. The highest BCUT2D eigenvalue weighted by molar-refractivity contribution is 7.89. The number of aromatic nitrogens is 1. The van der Waals surface area contributed by atoms with Crippen LogP contribution in [0.1, 0.15) is 0 Å². The number of hydrogen-bond acceptors (Lipinski definition) is 5. The van der Waals surface area contributed by atoms with Crippen molar-refractivity contribution in [3.05, 3.63) is 17.3 Å². The summed E-state index contributed by atoms with van der Waals surface area (Å²) >= 11 is 5.72. The molecule has 0 amide bonds. The molecule has 96 valence electrons. The Balaban J connectivity index is 2.79. The van der Waals surface area contributed by atoms with Crippen LogP contribution < -0.4 is 10.5 Å². The molecule has 6 nitrogen and oxygen atoms in total. The average molecular weight is 279 g/mol. The minimum absolute atomic E-state index is 0.00968. The molecular formula is C9H15ClN4O2S. The molecule has 0 aliphatic rings. The van der Waals surface area contributed by atoms with Gasteiger partial charge in [-0.15, -0.1) is 0 Å². The smallest absolute Gasteiger partial charge is 0.242 e. The second kappa shape index (κ2) is 5.63. The Kier molecular flexibility index (Phi) is 4.70. The molecule has 1 heterocycles. The molecule has 17 heavy (non-hydrogen) atoms. The molecule has 0 spiro atoms.